The molecule has 2 heterocycles. The average molecular weight is 710 g/mol. The maximum atomic E-state index is 14.0. The van der Waals surface area contributed by atoms with Gasteiger partial charge in [-0.2, -0.15) is 4.90 Å². The Hall–Kier alpha value is -5.82. The predicted molar refractivity (Wildman–Crippen MR) is 196 cm³/mol. The molecule has 1 aliphatic rings. The van der Waals surface area contributed by atoms with E-state index < -0.39 is 53.3 Å². The van der Waals surface area contributed by atoms with E-state index in [0.717, 1.165) is 5.56 Å². The quantitative estimate of drug-likeness (QED) is 0.242. The molecule has 3 aromatic carbocycles. The van der Waals surface area contributed by atoms with Crippen molar-refractivity contribution in [1.82, 2.24) is 9.88 Å². The number of aromatic nitrogens is 1. The number of piperazine rings is 1. The van der Waals surface area contributed by atoms with Crippen molar-refractivity contribution in [3.8, 4) is 0 Å². The normalized spacial score (nSPS) is 15.5. The number of aryl methyl sites for hydroxylation is 1. The molecule has 0 aliphatic carbocycles. The van der Waals surface area contributed by atoms with Crippen LogP contribution in [0.1, 0.15) is 57.5 Å². The number of benzene rings is 3. The number of carbonyl (C=O) groups excluding carboxylic acids is 5. The monoisotopic (exact) mass is 709 g/mol. The topological polar surface area (TPSA) is 159 Å². The largest absolute Gasteiger partial charge is 0.443 e. The maximum Gasteiger partial charge on any atom is 0.425 e. The van der Waals surface area contributed by atoms with E-state index in [2.05, 4.69) is 10.3 Å². The van der Waals surface area contributed by atoms with Crippen LogP contribution in [-0.2, 0) is 19.1 Å². The van der Waals surface area contributed by atoms with Crippen molar-refractivity contribution in [1.29, 1.82) is 0 Å². The molecule has 0 radical (unpaired) electrons. The molecule has 272 valence electrons. The van der Waals surface area contributed by atoms with Gasteiger partial charge in [0.25, 0.3) is 17.7 Å². The first-order valence-corrected chi connectivity index (χ1v) is 16.8. The van der Waals surface area contributed by atoms with Gasteiger partial charge in [0.2, 0.25) is 0 Å². The van der Waals surface area contributed by atoms with Crippen LogP contribution in [0, 0.1) is 6.92 Å². The van der Waals surface area contributed by atoms with E-state index in [9.17, 15) is 29.1 Å². The lowest BCUT2D eigenvalue weighted by Crippen LogP contribution is -2.64. The third kappa shape index (κ3) is 8.55. The minimum atomic E-state index is -1.95. The van der Waals surface area contributed by atoms with Crippen molar-refractivity contribution < 1.29 is 38.6 Å². The number of carbonyl (C=O) groups is 5. The standard InChI is InChI=1S/C39H43N5O8/c1-24-13-16-28(17-14-24)42-21-22-43(34(47)25-11-9-8-10-12-25)30(35(42)48)31(45)33(46)41-27-15-18-29-26(23-27)19-20-40-32(29)44(36(49)51-38(2,3)4)37(50)52-39(5,6)7/h8-20,23,30-31,45H,21-22H2,1-7H3,(H,41,46). The highest BCUT2D eigenvalue weighted by Crippen LogP contribution is 2.30. The molecule has 1 saturated heterocycles. The molecule has 0 saturated carbocycles. The number of aliphatic hydroxyl groups is 1. The predicted octanol–water partition coefficient (Wildman–Crippen LogP) is 6.08. The van der Waals surface area contributed by atoms with Gasteiger partial charge in [0.15, 0.2) is 11.9 Å². The highest BCUT2D eigenvalue weighted by atomic mass is 16.6. The summed E-state index contributed by atoms with van der Waals surface area (Å²) in [7, 11) is 0. The van der Waals surface area contributed by atoms with E-state index in [-0.39, 0.29) is 24.6 Å². The van der Waals surface area contributed by atoms with Crippen LogP contribution in [0.15, 0.2) is 85.1 Å². The minimum Gasteiger partial charge on any atom is -0.443 e. The van der Waals surface area contributed by atoms with E-state index in [0.29, 0.717) is 26.9 Å². The number of rotatable bonds is 6. The van der Waals surface area contributed by atoms with Gasteiger partial charge in [-0.1, -0.05) is 35.9 Å². The molecule has 5 rings (SSSR count). The number of pyridine rings is 1. The number of aliphatic hydroxyl groups excluding tert-OH is 1. The van der Waals surface area contributed by atoms with Crippen LogP contribution in [0.5, 0.6) is 0 Å². The van der Waals surface area contributed by atoms with Gasteiger partial charge < -0.3 is 29.7 Å². The van der Waals surface area contributed by atoms with Crippen molar-refractivity contribution in [2.45, 2.75) is 71.8 Å². The Balaban J connectivity index is 1.45. The zero-order chi connectivity index (χ0) is 38.0. The van der Waals surface area contributed by atoms with Crippen LogP contribution >= 0.6 is 0 Å². The van der Waals surface area contributed by atoms with E-state index in [1.54, 1.807) is 96.1 Å². The Morgan fingerprint density at radius 3 is 2.08 bits per heavy atom. The van der Waals surface area contributed by atoms with Gasteiger partial charge >= 0.3 is 12.2 Å². The van der Waals surface area contributed by atoms with Crippen molar-refractivity contribution in [3.63, 3.8) is 0 Å². The molecule has 4 aromatic rings. The summed E-state index contributed by atoms with van der Waals surface area (Å²) in [6.45, 7) is 12.1. The average Bonchev–Trinajstić information content (AvgIpc) is 3.07. The number of fused-ring (bicyclic) bond motifs is 1. The summed E-state index contributed by atoms with van der Waals surface area (Å²) in [4.78, 5) is 75.7. The molecular weight excluding hydrogens is 666 g/mol. The number of amides is 5. The van der Waals surface area contributed by atoms with Crippen LogP contribution in [0.2, 0.25) is 0 Å². The van der Waals surface area contributed by atoms with Gasteiger partial charge in [-0.3, -0.25) is 14.4 Å². The van der Waals surface area contributed by atoms with E-state index in [4.69, 9.17) is 9.47 Å². The third-order valence-corrected chi connectivity index (χ3v) is 7.99. The Bertz CT molecular complexity index is 1960. The first kappa shape index (κ1) is 37.4. The lowest BCUT2D eigenvalue weighted by molar-refractivity contribution is -0.137. The fraction of sp³-hybridized carbons (Fsp3) is 0.333. The summed E-state index contributed by atoms with van der Waals surface area (Å²) in [6, 6.07) is 20.3. The van der Waals surface area contributed by atoms with Crippen LogP contribution in [-0.4, -0.2) is 81.3 Å². The first-order chi connectivity index (χ1) is 24.4. The summed E-state index contributed by atoms with van der Waals surface area (Å²) in [5.74, 6) is -2.09. The number of nitrogens with one attached hydrogen (secondary N) is 1. The van der Waals surface area contributed by atoms with E-state index in [1.165, 1.54) is 28.1 Å². The minimum absolute atomic E-state index is 0.0574. The van der Waals surface area contributed by atoms with Gasteiger partial charge in [0.1, 0.15) is 17.2 Å². The Morgan fingerprint density at radius 2 is 1.48 bits per heavy atom. The first-order valence-electron chi connectivity index (χ1n) is 16.8. The van der Waals surface area contributed by atoms with Crippen LogP contribution in [0.4, 0.5) is 26.8 Å². The summed E-state index contributed by atoms with van der Waals surface area (Å²) >= 11 is 0. The molecule has 1 aliphatic heterocycles. The SMILES string of the molecule is Cc1ccc(N2CCN(C(=O)c3ccccc3)C(C(O)C(=O)Nc3ccc4c(N(C(=O)OC(C)(C)C)C(=O)OC(C)(C)C)nccc4c3)C2=O)cc1. The summed E-state index contributed by atoms with van der Waals surface area (Å²) in [5.41, 5.74) is 0.241. The van der Waals surface area contributed by atoms with Gasteiger partial charge in [0, 0.05) is 41.6 Å². The molecule has 13 nitrogen and oxygen atoms in total. The highest BCUT2D eigenvalue weighted by Gasteiger charge is 2.45. The Kier molecular flexibility index (Phi) is 10.7. The molecule has 5 amide bonds. The van der Waals surface area contributed by atoms with Crippen LogP contribution in [0.25, 0.3) is 10.8 Å². The highest BCUT2D eigenvalue weighted by molar-refractivity contribution is 6.14. The van der Waals surface area contributed by atoms with Crippen LogP contribution in [0.3, 0.4) is 0 Å². The molecular formula is C39H43N5O8. The summed E-state index contributed by atoms with van der Waals surface area (Å²) in [6.07, 6.45) is -2.55. The third-order valence-electron chi connectivity index (χ3n) is 7.99. The second kappa shape index (κ2) is 14.8. The summed E-state index contributed by atoms with van der Waals surface area (Å²) < 4.78 is 11.0. The van der Waals surface area contributed by atoms with Crippen LogP contribution < -0.4 is 15.1 Å². The van der Waals surface area contributed by atoms with Gasteiger partial charge in [-0.15, -0.1) is 0 Å². The summed E-state index contributed by atoms with van der Waals surface area (Å²) in [5, 5.41) is 15.0. The zero-order valence-electron chi connectivity index (χ0n) is 30.2. The van der Waals surface area contributed by atoms with Crippen molar-refractivity contribution in [3.05, 3.63) is 96.2 Å². The molecule has 52 heavy (non-hydrogen) atoms. The van der Waals surface area contributed by atoms with Gasteiger partial charge in [-0.25, -0.2) is 14.6 Å². The number of anilines is 3. The molecule has 0 bridgehead atoms. The molecule has 1 fully saturated rings. The molecule has 1 aromatic heterocycles. The lowest BCUT2D eigenvalue weighted by atomic mass is 10.0. The number of imide groups is 1. The van der Waals surface area contributed by atoms with Crippen molar-refractivity contribution >= 4 is 57.9 Å². The molecule has 0 spiro atoms. The number of ether oxygens (including phenoxy) is 2. The molecule has 2 N–H and O–H groups in total. The lowest BCUT2D eigenvalue weighted by Gasteiger charge is -2.42. The Labute approximate surface area is 302 Å². The smallest absolute Gasteiger partial charge is 0.425 e. The van der Waals surface area contributed by atoms with Gasteiger partial charge in [0.05, 0.1) is 0 Å². The van der Waals surface area contributed by atoms with E-state index >= 15 is 0 Å². The van der Waals surface area contributed by atoms with Gasteiger partial charge in [-0.05, 0) is 102 Å². The Morgan fingerprint density at radius 1 is 0.865 bits per heavy atom. The molecule has 2 unspecified atom stereocenters. The van der Waals surface area contributed by atoms with Crippen molar-refractivity contribution in [2.24, 2.45) is 0 Å². The maximum absolute atomic E-state index is 14.0. The number of hydrogen-bond donors (Lipinski definition) is 2. The number of hydrogen-bond acceptors (Lipinski definition) is 9. The number of nitrogens with zero attached hydrogens (tertiary/aromatic N) is 4. The second-order valence-corrected chi connectivity index (χ2v) is 14.4. The molecule has 2 atom stereocenters. The van der Waals surface area contributed by atoms with Crippen molar-refractivity contribution in [2.75, 3.05) is 28.2 Å². The second-order valence-electron chi connectivity index (χ2n) is 14.4. The fourth-order valence-corrected chi connectivity index (χ4v) is 5.65. The zero-order valence-corrected chi connectivity index (χ0v) is 30.2. The van der Waals surface area contributed by atoms with E-state index in [1.807, 2.05) is 19.1 Å². The fourth-order valence-electron chi connectivity index (χ4n) is 5.65. The molecule has 13 heteroatoms.